The van der Waals surface area contributed by atoms with Gasteiger partial charge in [-0.2, -0.15) is 16.8 Å². The normalized spacial score (nSPS) is 17.1. The molecule has 0 aliphatic carbocycles. The van der Waals surface area contributed by atoms with E-state index < -0.39 is 26.3 Å². The Morgan fingerprint density at radius 2 is 1.78 bits per heavy atom. The smallest absolute Gasteiger partial charge is 0.264 e. The highest BCUT2D eigenvalue weighted by Gasteiger charge is 2.23. The summed E-state index contributed by atoms with van der Waals surface area (Å²) in [5, 5.41) is 2.99. The first kappa shape index (κ1) is 18.6. The van der Waals surface area contributed by atoms with Gasteiger partial charge in [0, 0.05) is 12.5 Å². The van der Waals surface area contributed by atoms with E-state index in [2.05, 4.69) is 18.2 Å². The van der Waals surface area contributed by atoms with E-state index in [1.54, 1.807) is 6.92 Å². The van der Waals surface area contributed by atoms with E-state index in [1.165, 1.54) is 0 Å². The third-order valence-corrected chi connectivity index (χ3v) is 4.19. The van der Waals surface area contributed by atoms with Gasteiger partial charge < -0.3 is 0 Å². The van der Waals surface area contributed by atoms with Crippen molar-refractivity contribution < 1.29 is 25.2 Å². The first-order chi connectivity index (χ1) is 8.05. The summed E-state index contributed by atoms with van der Waals surface area (Å²) in [6.07, 6.45) is 1.22. The van der Waals surface area contributed by atoms with Crippen molar-refractivity contribution in [3.63, 3.8) is 0 Å². The van der Waals surface area contributed by atoms with Crippen molar-refractivity contribution in [2.45, 2.75) is 13.0 Å². The predicted molar refractivity (Wildman–Crippen MR) is 75.7 cm³/mol. The Morgan fingerprint density at radius 1 is 1.22 bits per heavy atom. The summed E-state index contributed by atoms with van der Waals surface area (Å²) in [5.41, 5.74) is 0. The standard InChI is InChI=1S/C7H19NO6P2S2/c1-6(14-18(3,11)12)7(4-8-16-15)5-13-17(2,9)10/h6-8,16H,4-5,15H2,1-3H3. The molecule has 0 aliphatic rings. The summed E-state index contributed by atoms with van der Waals surface area (Å²) in [6.45, 7) is 1.83. The third-order valence-electron chi connectivity index (χ3n) is 1.95. The number of hydrogen-bond acceptors (Lipinski definition) is 7. The molecule has 0 rings (SSSR count). The van der Waals surface area contributed by atoms with E-state index in [1.807, 2.05) is 0 Å². The van der Waals surface area contributed by atoms with Crippen LogP contribution in [0.4, 0.5) is 0 Å². The van der Waals surface area contributed by atoms with E-state index >= 15 is 0 Å². The molecule has 0 spiro atoms. The van der Waals surface area contributed by atoms with Gasteiger partial charge in [0.2, 0.25) is 0 Å². The molecular formula is C7H19NO6P2S2. The number of hydrogen-bond donors (Lipinski definition) is 1. The molecule has 7 nitrogen and oxygen atoms in total. The lowest BCUT2D eigenvalue weighted by Crippen LogP contribution is -2.34. The molecule has 0 aliphatic heterocycles. The van der Waals surface area contributed by atoms with Crippen LogP contribution in [-0.2, 0) is 28.6 Å². The van der Waals surface area contributed by atoms with Crippen molar-refractivity contribution in [2.24, 2.45) is 5.92 Å². The minimum absolute atomic E-state index is 0.127. The fourth-order valence-electron chi connectivity index (χ4n) is 1.12. The van der Waals surface area contributed by atoms with Gasteiger partial charge in [-0.05, 0) is 15.3 Å². The van der Waals surface area contributed by atoms with Crippen LogP contribution in [0.1, 0.15) is 6.92 Å². The lowest BCUT2D eigenvalue weighted by Gasteiger charge is -2.22. The summed E-state index contributed by atoms with van der Waals surface area (Å²) >= 11 is 0. The lowest BCUT2D eigenvalue weighted by atomic mass is 10.1. The zero-order valence-electron chi connectivity index (χ0n) is 10.4. The van der Waals surface area contributed by atoms with Crippen LogP contribution < -0.4 is 5.09 Å². The second-order valence-electron chi connectivity index (χ2n) is 3.78. The van der Waals surface area contributed by atoms with Gasteiger partial charge in [-0.1, -0.05) is 8.93 Å². The van der Waals surface area contributed by atoms with Gasteiger partial charge in [-0.3, -0.25) is 13.5 Å². The topological polar surface area (TPSA) is 98.8 Å². The molecule has 0 bridgehead atoms. The van der Waals surface area contributed by atoms with Crippen molar-refractivity contribution in [1.82, 2.24) is 5.09 Å². The van der Waals surface area contributed by atoms with Crippen molar-refractivity contribution >= 4 is 37.6 Å². The van der Waals surface area contributed by atoms with Crippen LogP contribution in [0.2, 0.25) is 0 Å². The molecule has 0 aromatic heterocycles. The number of nitrogens with one attached hydrogen (secondary N) is 1. The largest absolute Gasteiger partial charge is 0.295 e. The minimum Gasteiger partial charge on any atom is -0.295 e. The summed E-state index contributed by atoms with van der Waals surface area (Å²) in [7, 11) is -4.29. The highest BCUT2D eigenvalue weighted by molar-refractivity contribution is 8.01. The molecule has 0 aromatic carbocycles. The molecular weight excluding hydrogens is 320 g/mol. The van der Waals surface area contributed by atoms with Crippen LogP contribution in [0.25, 0.3) is 0 Å². The first-order valence-electron chi connectivity index (χ1n) is 4.96. The molecule has 1 N–H and O–H groups in total. The summed E-state index contributed by atoms with van der Waals surface area (Å²) in [6, 6.07) is 0. The molecule has 0 radical (unpaired) electrons. The average molecular weight is 339 g/mol. The minimum atomic E-state index is -3.58. The fourth-order valence-corrected chi connectivity index (χ4v) is 2.98. The molecule has 0 saturated heterocycles. The molecule has 0 fully saturated rings. The molecule has 0 saturated carbocycles. The molecule has 0 aromatic rings. The average Bonchev–Trinajstić information content (AvgIpc) is 2.13. The van der Waals surface area contributed by atoms with E-state index in [0.29, 0.717) is 15.0 Å². The van der Waals surface area contributed by atoms with Crippen molar-refractivity contribution in [3.8, 4) is 0 Å². The van der Waals surface area contributed by atoms with Gasteiger partial charge in [0.25, 0.3) is 20.2 Å². The molecule has 4 atom stereocenters. The van der Waals surface area contributed by atoms with E-state index in [4.69, 9.17) is 4.18 Å². The van der Waals surface area contributed by atoms with Gasteiger partial charge in [-0.25, -0.2) is 0 Å². The zero-order chi connectivity index (χ0) is 14.4. The summed E-state index contributed by atoms with van der Waals surface area (Å²) in [4.78, 5) is 0. The Hall–Kier alpha value is 0.640. The van der Waals surface area contributed by atoms with E-state index in [-0.39, 0.29) is 12.5 Å². The van der Waals surface area contributed by atoms with E-state index in [9.17, 15) is 16.8 Å². The molecule has 0 heterocycles. The maximum absolute atomic E-state index is 11.0. The fraction of sp³-hybridized carbons (Fsp3) is 1.00. The van der Waals surface area contributed by atoms with Gasteiger partial charge in [0.05, 0.1) is 25.2 Å². The van der Waals surface area contributed by atoms with Crippen molar-refractivity contribution in [3.05, 3.63) is 0 Å². The Bertz CT molecular complexity index is 437. The lowest BCUT2D eigenvalue weighted by molar-refractivity contribution is 0.121. The van der Waals surface area contributed by atoms with Crippen LogP contribution >= 0.6 is 17.3 Å². The Morgan fingerprint density at radius 3 is 2.17 bits per heavy atom. The summed E-state index contributed by atoms with van der Waals surface area (Å²) < 4.78 is 53.4. The van der Waals surface area contributed by atoms with Gasteiger partial charge in [-0.15, -0.1) is 0 Å². The van der Waals surface area contributed by atoms with Crippen molar-refractivity contribution in [2.75, 3.05) is 25.7 Å². The zero-order valence-corrected chi connectivity index (χ0v) is 14.2. The van der Waals surface area contributed by atoms with Crippen LogP contribution in [-0.4, -0.2) is 48.6 Å². The van der Waals surface area contributed by atoms with Gasteiger partial charge >= 0.3 is 0 Å². The maximum atomic E-state index is 11.0. The van der Waals surface area contributed by atoms with Crippen LogP contribution in [0, 0.1) is 5.92 Å². The van der Waals surface area contributed by atoms with Crippen LogP contribution in [0.3, 0.4) is 0 Å². The molecule has 110 valence electrons. The molecule has 4 unspecified atom stereocenters. The quantitative estimate of drug-likeness (QED) is 0.463. The Balaban J connectivity index is 4.56. The Labute approximate surface area is 113 Å². The van der Waals surface area contributed by atoms with Crippen molar-refractivity contribution in [1.29, 1.82) is 0 Å². The second kappa shape index (κ2) is 8.04. The van der Waals surface area contributed by atoms with Gasteiger partial charge in [0.1, 0.15) is 0 Å². The molecule has 11 heteroatoms. The highest BCUT2D eigenvalue weighted by atomic mass is 32.2. The molecule has 18 heavy (non-hydrogen) atoms. The third kappa shape index (κ3) is 10.6. The highest BCUT2D eigenvalue weighted by Crippen LogP contribution is 2.17. The second-order valence-corrected chi connectivity index (χ2v) is 8.53. The molecule has 0 amide bonds. The Kier molecular flexibility index (Phi) is 8.33. The van der Waals surface area contributed by atoms with E-state index in [0.717, 1.165) is 12.5 Å². The number of rotatable bonds is 9. The SMILES string of the molecule is CC(OS(C)(=O)=O)C(CNPP)COS(C)(=O)=O. The first-order valence-corrected chi connectivity index (χ1v) is 11.4. The summed E-state index contributed by atoms with van der Waals surface area (Å²) in [5.74, 6) is -0.387. The van der Waals surface area contributed by atoms with Crippen LogP contribution in [0.15, 0.2) is 0 Å². The predicted octanol–water partition coefficient (Wildman–Crippen LogP) is -0.0833. The monoisotopic (exact) mass is 339 g/mol. The van der Waals surface area contributed by atoms with Gasteiger partial charge in [0.15, 0.2) is 0 Å². The maximum Gasteiger partial charge on any atom is 0.264 e. The van der Waals surface area contributed by atoms with Crippen LogP contribution in [0.5, 0.6) is 0 Å².